The van der Waals surface area contributed by atoms with Crippen LogP contribution in [0, 0.1) is 10.1 Å². The van der Waals surface area contributed by atoms with Crippen LogP contribution in [0.1, 0.15) is 5.56 Å². The Hall–Kier alpha value is -3.58. The number of halogens is 1. The van der Waals surface area contributed by atoms with Crippen LogP contribution < -0.4 is 10.2 Å². The molecular formula is C20H12ClNO6. The molecule has 0 fully saturated rings. The van der Waals surface area contributed by atoms with E-state index in [-0.39, 0.29) is 34.4 Å². The van der Waals surface area contributed by atoms with Crippen molar-refractivity contribution in [1.29, 1.82) is 0 Å². The molecule has 4 aromatic rings. The SMILES string of the molecule is O=c1c2cc(Cl)ccc2oc2cc(OCc3ccc([N+](=O)[O-])cc3)cc(O)c12. The molecule has 0 saturated carbocycles. The molecule has 1 aromatic heterocycles. The maximum absolute atomic E-state index is 12.7. The van der Waals surface area contributed by atoms with Gasteiger partial charge in [-0.05, 0) is 35.9 Å². The van der Waals surface area contributed by atoms with Gasteiger partial charge < -0.3 is 14.3 Å². The summed E-state index contributed by atoms with van der Waals surface area (Å²) in [5.41, 5.74) is 0.825. The number of aromatic hydroxyl groups is 1. The molecule has 4 rings (SSSR count). The second-order valence-corrected chi connectivity index (χ2v) is 6.54. The summed E-state index contributed by atoms with van der Waals surface area (Å²) < 4.78 is 11.4. The standard InChI is InChI=1S/C20H12ClNO6/c21-12-3-6-17-15(7-12)20(24)19-16(23)8-14(9-18(19)28-17)27-10-11-1-4-13(5-2-11)22(25)26/h1-9,23H,10H2. The van der Waals surface area contributed by atoms with E-state index in [2.05, 4.69) is 0 Å². The molecule has 1 heterocycles. The molecule has 3 aromatic carbocycles. The van der Waals surface area contributed by atoms with Crippen LogP contribution in [0.5, 0.6) is 11.5 Å². The minimum atomic E-state index is -0.481. The molecule has 1 N–H and O–H groups in total. The number of non-ortho nitro benzene ring substituents is 1. The van der Waals surface area contributed by atoms with Gasteiger partial charge in [0, 0.05) is 29.3 Å². The van der Waals surface area contributed by atoms with E-state index in [1.165, 1.54) is 30.3 Å². The number of fused-ring (bicyclic) bond motifs is 2. The van der Waals surface area contributed by atoms with Gasteiger partial charge in [-0.3, -0.25) is 14.9 Å². The van der Waals surface area contributed by atoms with Gasteiger partial charge in [0.2, 0.25) is 5.43 Å². The van der Waals surface area contributed by atoms with Crippen molar-refractivity contribution in [3.05, 3.63) is 85.5 Å². The fourth-order valence-corrected chi connectivity index (χ4v) is 3.04. The highest BCUT2D eigenvalue weighted by atomic mass is 35.5. The zero-order valence-corrected chi connectivity index (χ0v) is 15.0. The van der Waals surface area contributed by atoms with Crippen molar-refractivity contribution in [3.8, 4) is 11.5 Å². The van der Waals surface area contributed by atoms with Gasteiger partial charge in [0.1, 0.15) is 34.7 Å². The molecule has 0 amide bonds. The average molecular weight is 398 g/mol. The molecule has 0 radical (unpaired) electrons. The first-order valence-corrected chi connectivity index (χ1v) is 8.55. The van der Waals surface area contributed by atoms with Crippen molar-refractivity contribution >= 4 is 39.2 Å². The first kappa shape index (κ1) is 17.8. The quantitative estimate of drug-likeness (QED) is 0.301. The van der Waals surface area contributed by atoms with E-state index in [4.69, 9.17) is 20.8 Å². The van der Waals surface area contributed by atoms with E-state index in [0.717, 1.165) is 0 Å². The normalized spacial score (nSPS) is 11.0. The van der Waals surface area contributed by atoms with Crippen LogP contribution in [0.25, 0.3) is 21.9 Å². The third kappa shape index (κ3) is 3.23. The van der Waals surface area contributed by atoms with Crippen molar-refractivity contribution in [1.82, 2.24) is 0 Å². The number of ether oxygens (including phenoxy) is 1. The van der Waals surface area contributed by atoms with Crippen molar-refractivity contribution in [2.45, 2.75) is 6.61 Å². The fourth-order valence-electron chi connectivity index (χ4n) is 2.87. The minimum Gasteiger partial charge on any atom is -0.507 e. The molecule has 0 unspecified atom stereocenters. The summed E-state index contributed by atoms with van der Waals surface area (Å²) in [6.45, 7) is 0.121. The summed E-state index contributed by atoms with van der Waals surface area (Å²) in [5, 5.41) is 21.7. The fraction of sp³-hybridized carbons (Fsp3) is 0.0500. The van der Waals surface area contributed by atoms with Crippen molar-refractivity contribution in [2.75, 3.05) is 0 Å². The molecule has 0 bridgehead atoms. The zero-order valence-electron chi connectivity index (χ0n) is 14.2. The first-order valence-electron chi connectivity index (χ1n) is 8.17. The lowest BCUT2D eigenvalue weighted by molar-refractivity contribution is -0.384. The number of nitro benzene ring substituents is 1. The molecule has 0 aliphatic rings. The summed E-state index contributed by atoms with van der Waals surface area (Å²) in [4.78, 5) is 22.9. The van der Waals surface area contributed by atoms with Crippen LogP contribution in [0.3, 0.4) is 0 Å². The lowest BCUT2D eigenvalue weighted by Gasteiger charge is -2.09. The average Bonchev–Trinajstić information content (AvgIpc) is 2.67. The Bertz CT molecular complexity index is 1280. The second-order valence-electron chi connectivity index (χ2n) is 6.10. The highest BCUT2D eigenvalue weighted by Crippen LogP contribution is 2.31. The summed E-state index contributed by atoms with van der Waals surface area (Å²) >= 11 is 5.93. The molecule has 28 heavy (non-hydrogen) atoms. The van der Waals surface area contributed by atoms with E-state index in [9.17, 15) is 20.0 Å². The predicted molar refractivity (Wildman–Crippen MR) is 104 cm³/mol. The minimum absolute atomic E-state index is 0.0131. The Kier molecular flexibility index (Phi) is 4.37. The largest absolute Gasteiger partial charge is 0.507 e. The first-order chi connectivity index (χ1) is 13.4. The smallest absolute Gasteiger partial charge is 0.269 e. The molecule has 0 saturated heterocycles. The van der Waals surface area contributed by atoms with E-state index in [0.29, 0.717) is 21.9 Å². The van der Waals surface area contributed by atoms with Crippen LogP contribution in [0.15, 0.2) is 63.8 Å². The number of hydrogen-bond acceptors (Lipinski definition) is 6. The number of phenolic OH excluding ortho intramolecular Hbond substituents is 1. The van der Waals surface area contributed by atoms with Crippen molar-refractivity contribution in [2.24, 2.45) is 0 Å². The number of hydrogen-bond donors (Lipinski definition) is 1. The van der Waals surface area contributed by atoms with Gasteiger partial charge in [-0.15, -0.1) is 0 Å². The third-order valence-corrected chi connectivity index (χ3v) is 4.48. The summed E-state index contributed by atoms with van der Waals surface area (Å²) in [6.07, 6.45) is 0. The maximum Gasteiger partial charge on any atom is 0.269 e. The topological polar surface area (TPSA) is 103 Å². The number of phenols is 1. The summed E-state index contributed by atoms with van der Waals surface area (Å²) in [6, 6.07) is 13.4. The van der Waals surface area contributed by atoms with Gasteiger partial charge in [0.25, 0.3) is 5.69 Å². The predicted octanol–water partition coefficient (Wildman–Crippen LogP) is 4.79. The van der Waals surface area contributed by atoms with Gasteiger partial charge >= 0.3 is 0 Å². The second kappa shape index (κ2) is 6.86. The van der Waals surface area contributed by atoms with Gasteiger partial charge in [0.05, 0.1) is 10.3 Å². The highest BCUT2D eigenvalue weighted by Gasteiger charge is 2.14. The van der Waals surface area contributed by atoms with Crippen molar-refractivity contribution in [3.63, 3.8) is 0 Å². The van der Waals surface area contributed by atoms with Crippen molar-refractivity contribution < 1.29 is 19.2 Å². The number of nitrogens with zero attached hydrogens (tertiary/aromatic N) is 1. The molecular weight excluding hydrogens is 386 g/mol. The zero-order chi connectivity index (χ0) is 19.8. The molecule has 0 atom stereocenters. The molecule has 0 spiro atoms. The monoisotopic (exact) mass is 397 g/mol. The lowest BCUT2D eigenvalue weighted by atomic mass is 10.1. The van der Waals surface area contributed by atoms with Crippen LogP contribution >= 0.6 is 11.6 Å². The maximum atomic E-state index is 12.7. The number of benzene rings is 3. The molecule has 8 heteroatoms. The van der Waals surface area contributed by atoms with Crippen LogP contribution in [0.4, 0.5) is 5.69 Å². The van der Waals surface area contributed by atoms with E-state index < -0.39 is 10.4 Å². The summed E-state index contributed by atoms with van der Waals surface area (Å²) in [5.74, 6) is 0.0200. The Labute approximate surface area is 162 Å². The molecule has 140 valence electrons. The van der Waals surface area contributed by atoms with E-state index >= 15 is 0 Å². The van der Waals surface area contributed by atoms with Gasteiger partial charge in [-0.25, -0.2) is 0 Å². The molecule has 7 nitrogen and oxygen atoms in total. The van der Waals surface area contributed by atoms with E-state index in [1.807, 2.05) is 0 Å². The Morgan fingerprint density at radius 1 is 1.07 bits per heavy atom. The van der Waals surface area contributed by atoms with Gasteiger partial charge in [0.15, 0.2) is 0 Å². The van der Waals surface area contributed by atoms with Crippen LogP contribution in [0.2, 0.25) is 5.02 Å². The number of rotatable bonds is 4. The van der Waals surface area contributed by atoms with Crippen LogP contribution in [-0.4, -0.2) is 10.0 Å². The Balaban J connectivity index is 1.68. The Morgan fingerprint density at radius 3 is 2.54 bits per heavy atom. The molecule has 0 aliphatic carbocycles. The Morgan fingerprint density at radius 2 is 1.82 bits per heavy atom. The molecule has 0 aliphatic heterocycles. The highest BCUT2D eigenvalue weighted by molar-refractivity contribution is 6.31. The van der Waals surface area contributed by atoms with E-state index in [1.54, 1.807) is 24.3 Å². The van der Waals surface area contributed by atoms with Crippen LogP contribution in [-0.2, 0) is 6.61 Å². The number of nitro groups is 1. The third-order valence-electron chi connectivity index (χ3n) is 4.24. The summed E-state index contributed by atoms with van der Waals surface area (Å²) in [7, 11) is 0. The van der Waals surface area contributed by atoms with Gasteiger partial charge in [-0.2, -0.15) is 0 Å². The van der Waals surface area contributed by atoms with Gasteiger partial charge in [-0.1, -0.05) is 11.6 Å². The lowest BCUT2D eigenvalue weighted by Crippen LogP contribution is -2.03.